The number of carboxylic acids is 1. The van der Waals surface area contributed by atoms with Gasteiger partial charge in [-0.05, 0) is 18.3 Å². The number of nitrogens with two attached hydrogens (primary N) is 1. The van der Waals surface area contributed by atoms with E-state index in [0.717, 1.165) is 6.42 Å². The maximum atomic E-state index is 10.6. The van der Waals surface area contributed by atoms with Crippen LogP contribution in [0.5, 0.6) is 0 Å². The van der Waals surface area contributed by atoms with Gasteiger partial charge in [-0.25, -0.2) is 0 Å². The van der Waals surface area contributed by atoms with E-state index in [1.807, 2.05) is 13.8 Å². The second-order valence-corrected chi connectivity index (χ2v) is 3.66. The van der Waals surface area contributed by atoms with E-state index in [2.05, 4.69) is 0 Å². The second-order valence-electron chi connectivity index (χ2n) is 3.66. The Morgan fingerprint density at radius 1 is 1.50 bits per heavy atom. The fourth-order valence-electron chi connectivity index (χ4n) is 1.29. The molecule has 58 valence electrons. The minimum atomic E-state index is -0.965. The van der Waals surface area contributed by atoms with E-state index in [1.54, 1.807) is 0 Å². The molecular weight excluding hydrogens is 130 g/mol. The molecule has 1 aliphatic rings. The van der Waals surface area contributed by atoms with Gasteiger partial charge in [-0.3, -0.25) is 4.79 Å². The topological polar surface area (TPSA) is 63.3 Å². The summed E-state index contributed by atoms with van der Waals surface area (Å²) in [4.78, 5) is 10.6. The van der Waals surface area contributed by atoms with Crippen LogP contribution in [0.1, 0.15) is 26.7 Å². The van der Waals surface area contributed by atoms with Gasteiger partial charge in [-0.15, -0.1) is 0 Å². The van der Waals surface area contributed by atoms with E-state index < -0.39 is 11.5 Å². The van der Waals surface area contributed by atoms with Gasteiger partial charge in [-0.1, -0.05) is 13.8 Å². The molecule has 0 bridgehead atoms. The molecule has 0 aromatic carbocycles. The van der Waals surface area contributed by atoms with Crippen molar-refractivity contribution >= 4 is 5.97 Å². The van der Waals surface area contributed by atoms with Crippen LogP contribution in [0.25, 0.3) is 0 Å². The molecule has 1 rings (SSSR count). The van der Waals surface area contributed by atoms with E-state index in [9.17, 15) is 4.79 Å². The molecule has 1 fully saturated rings. The molecule has 0 amide bonds. The standard InChI is InChI=1S/C7H13NO2/c1-6(2)3-4-7(6,8)5(9)10/h3-4,8H2,1-2H3,(H,9,10). The van der Waals surface area contributed by atoms with E-state index in [0.29, 0.717) is 6.42 Å². The summed E-state index contributed by atoms with van der Waals surface area (Å²) in [7, 11) is 0. The Labute approximate surface area is 60.2 Å². The average Bonchev–Trinajstić information content (AvgIpc) is 1.83. The molecule has 0 heterocycles. The van der Waals surface area contributed by atoms with E-state index in [4.69, 9.17) is 10.8 Å². The molecule has 3 N–H and O–H groups in total. The third-order valence-electron chi connectivity index (χ3n) is 2.73. The highest BCUT2D eigenvalue weighted by molar-refractivity contribution is 5.81. The molecule has 0 saturated heterocycles. The average molecular weight is 143 g/mol. The minimum Gasteiger partial charge on any atom is -0.480 e. The van der Waals surface area contributed by atoms with Crippen LogP contribution < -0.4 is 5.73 Å². The summed E-state index contributed by atoms with van der Waals surface area (Å²) in [5.41, 5.74) is 4.44. The zero-order valence-corrected chi connectivity index (χ0v) is 6.35. The summed E-state index contributed by atoms with van der Waals surface area (Å²) in [6.45, 7) is 3.79. The molecule has 1 aliphatic carbocycles. The monoisotopic (exact) mass is 143 g/mol. The zero-order valence-electron chi connectivity index (χ0n) is 6.35. The Morgan fingerprint density at radius 2 is 2.00 bits per heavy atom. The van der Waals surface area contributed by atoms with Gasteiger partial charge in [0.1, 0.15) is 5.54 Å². The number of rotatable bonds is 1. The molecule has 0 spiro atoms. The predicted octanol–water partition coefficient (Wildman–Crippen LogP) is 0.588. The molecule has 3 nitrogen and oxygen atoms in total. The Bertz CT molecular complexity index is 176. The molecule has 1 unspecified atom stereocenters. The van der Waals surface area contributed by atoms with Crippen LogP contribution in [0.2, 0.25) is 0 Å². The molecule has 10 heavy (non-hydrogen) atoms. The number of hydrogen-bond acceptors (Lipinski definition) is 2. The van der Waals surface area contributed by atoms with Gasteiger partial charge in [0.05, 0.1) is 0 Å². The van der Waals surface area contributed by atoms with Gasteiger partial charge in [0.2, 0.25) is 0 Å². The summed E-state index contributed by atoms with van der Waals surface area (Å²) in [5, 5.41) is 8.70. The van der Waals surface area contributed by atoms with Gasteiger partial charge in [0.25, 0.3) is 0 Å². The SMILES string of the molecule is CC1(C)CCC1(N)C(=O)O. The van der Waals surface area contributed by atoms with Crippen molar-refractivity contribution in [2.24, 2.45) is 11.1 Å². The van der Waals surface area contributed by atoms with Crippen molar-refractivity contribution in [3.05, 3.63) is 0 Å². The van der Waals surface area contributed by atoms with Crippen molar-refractivity contribution in [2.45, 2.75) is 32.2 Å². The van der Waals surface area contributed by atoms with Gasteiger partial charge in [-0.2, -0.15) is 0 Å². The molecular formula is C7H13NO2. The summed E-state index contributed by atoms with van der Waals surface area (Å²) >= 11 is 0. The van der Waals surface area contributed by atoms with Gasteiger partial charge < -0.3 is 10.8 Å². The normalized spacial score (nSPS) is 36.7. The third-order valence-corrected chi connectivity index (χ3v) is 2.73. The van der Waals surface area contributed by atoms with Crippen LogP contribution in [-0.2, 0) is 4.79 Å². The van der Waals surface area contributed by atoms with Gasteiger partial charge in [0, 0.05) is 0 Å². The van der Waals surface area contributed by atoms with Crippen molar-refractivity contribution in [1.82, 2.24) is 0 Å². The number of aliphatic carboxylic acids is 1. The highest BCUT2D eigenvalue weighted by Gasteiger charge is 2.55. The van der Waals surface area contributed by atoms with Crippen molar-refractivity contribution < 1.29 is 9.90 Å². The maximum absolute atomic E-state index is 10.6. The molecule has 0 aromatic heterocycles. The number of hydrogen-bond donors (Lipinski definition) is 2. The second kappa shape index (κ2) is 1.72. The van der Waals surface area contributed by atoms with E-state index in [1.165, 1.54) is 0 Å². The summed E-state index contributed by atoms with van der Waals surface area (Å²) in [6.07, 6.45) is 1.52. The van der Waals surface area contributed by atoms with Crippen molar-refractivity contribution in [3.8, 4) is 0 Å². The van der Waals surface area contributed by atoms with Gasteiger partial charge in [0.15, 0.2) is 0 Å². The Hall–Kier alpha value is -0.570. The van der Waals surface area contributed by atoms with Crippen molar-refractivity contribution in [3.63, 3.8) is 0 Å². The quantitative estimate of drug-likeness (QED) is 0.564. The highest BCUT2D eigenvalue weighted by atomic mass is 16.4. The fourth-order valence-corrected chi connectivity index (χ4v) is 1.29. The van der Waals surface area contributed by atoms with E-state index in [-0.39, 0.29) is 5.41 Å². The Balaban J connectivity index is 2.81. The Kier molecular flexibility index (Phi) is 1.30. The fraction of sp³-hybridized carbons (Fsp3) is 0.857. The van der Waals surface area contributed by atoms with Crippen molar-refractivity contribution in [2.75, 3.05) is 0 Å². The predicted molar refractivity (Wildman–Crippen MR) is 37.6 cm³/mol. The Morgan fingerprint density at radius 3 is 2.00 bits per heavy atom. The summed E-state index contributed by atoms with van der Waals surface area (Å²) in [5.74, 6) is -0.872. The minimum absolute atomic E-state index is 0.223. The molecule has 0 aliphatic heterocycles. The highest BCUT2D eigenvalue weighted by Crippen LogP contribution is 2.47. The smallest absolute Gasteiger partial charge is 0.324 e. The molecule has 0 radical (unpaired) electrons. The van der Waals surface area contributed by atoms with Crippen LogP contribution in [0.15, 0.2) is 0 Å². The zero-order chi connectivity index (χ0) is 7.99. The molecule has 3 heteroatoms. The largest absolute Gasteiger partial charge is 0.480 e. The van der Waals surface area contributed by atoms with Crippen LogP contribution in [0.4, 0.5) is 0 Å². The first-order chi connectivity index (χ1) is 4.40. The van der Waals surface area contributed by atoms with Crippen LogP contribution >= 0.6 is 0 Å². The van der Waals surface area contributed by atoms with Crippen LogP contribution in [-0.4, -0.2) is 16.6 Å². The first-order valence-electron chi connectivity index (χ1n) is 3.42. The lowest BCUT2D eigenvalue weighted by Gasteiger charge is -2.50. The van der Waals surface area contributed by atoms with Crippen LogP contribution in [0.3, 0.4) is 0 Å². The number of carboxylic acid groups (broad SMARTS) is 1. The summed E-state index contributed by atoms with van der Waals surface area (Å²) < 4.78 is 0. The molecule has 0 aromatic rings. The molecule has 1 atom stereocenters. The third kappa shape index (κ3) is 0.669. The lowest BCUT2D eigenvalue weighted by molar-refractivity contribution is -0.155. The first-order valence-corrected chi connectivity index (χ1v) is 3.42. The van der Waals surface area contributed by atoms with Gasteiger partial charge >= 0.3 is 5.97 Å². The van der Waals surface area contributed by atoms with Crippen molar-refractivity contribution in [1.29, 1.82) is 0 Å². The van der Waals surface area contributed by atoms with Crippen LogP contribution in [0, 0.1) is 5.41 Å². The first kappa shape index (κ1) is 7.54. The summed E-state index contributed by atoms with van der Waals surface area (Å²) in [6, 6.07) is 0. The van der Waals surface area contributed by atoms with E-state index >= 15 is 0 Å². The number of carbonyl (C=O) groups is 1. The maximum Gasteiger partial charge on any atom is 0.324 e. The molecule has 1 saturated carbocycles. The lowest BCUT2D eigenvalue weighted by Crippen LogP contribution is -2.65. The lowest BCUT2D eigenvalue weighted by atomic mass is 9.57.